The number of likely N-dealkylation sites (N-methyl/N-ethyl adjacent to an activating group) is 1. The Morgan fingerprint density at radius 2 is 1.87 bits per heavy atom. The van der Waals surface area contributed by atoms with E-state index in [1.54, 1.807) is 7.05 Å². The molecular weight excluding hydrogens is 216 g/mol. The fourth-order valence-corrected chi connectivity index (χ4v) is 1.56. The third-order valence-corrected chi connectivity index (χ3v) is 3.10. The second-order valence-electron chi connectivity index (χ2n) is 4.16. The van der Waals surface area contributed by atoms with Crippen LogP contribution in [0.15, 0.2) is 0 Å². The molecule has 0 aromatic rings. The number of amides is 1. The molecule has 2 N–H and O–H groups in total. The Labute approximate surface area is 91.5 Å². The molecule has 0 bridgehead atoms. The van der Waals surface area contributed by atoms with Crippen LogP contribution in [0.5, 0.6) is 0 Å². The van der Waals surface area contributed by atoms with Gasteiger partial charge in [-0.2, -0.15) is 0 Å². The number of rotatable bonds is 5. The van der Waals surface area contributed by atoms with Gasteiger partial charge in [-0.3, -0.25) is 4.79 Å². The number of sulfone groups is 1. The third-order valence-electron chi connectivity index (χ3n) is 2.18. The summed E-state index contributed by atoms with van der Waals surface area (Å²) < 4.78 is 21.8. The minimum absolute atomic E-state index is 0.0277. The summed E-state index contributed by atoms with van der Waals surface area (Å²) in [6.07, 6.45) is 1.15. The second-order valence-corrected chi connectivity index (χ2v) is 6.42. The van der Waals surface area contributed by atoms with E-state index in [9.17, 15) is 13.2 Å². The monoisotopic (exact) mass is 236 g/mol. The van der Waals surface area contributed by atoms with Gasteiger partial charge in [0.2, 0.25) is 5.91 Å². The molecule has 0 fully saturated rings. The maximum atomic E-state index is 11.6. The summed E-state index contributed by atoms with van der Waals surface area (Å²) in [5.41, 5.74) is 5.66. The zero-order valence-corrected chi connectivity index (χ0v) is 10.5. The molecule has 5 nitrogen and oxygen atoms in total. The molecule has 0 spiro atoms. The second kappa shape index (κ2) is 5.46. The molecule has 0 radical (unpaired) electrons. The first kappa shape index (κ1) is 14.4. The van der Waals surface area contributed by atoms with Gasteiger partial charge in [-0.15, -0.1) is 0 Å². The lowest BCUT2D eigenvalue weighted by atomic mass is 10.0. The third kappa shape index (κ3) is 5.74. The maximum absolute atomic E-state index is 11.6. The molecule has 6 heteroatoms. The van der Waals surface area contributed by atoms with Crippen LogP contribution in [0.25, 0.3) is 0 Å². The summed E-state index contributed by atoms with van der Waals surface area (Å²) >= 11 is 0. The van der Waals surface area contributed by atoms with Gasteiger partial charge in [0.25, 0.3) is 0 Å². The first-order valence-corrected chi connectivity index (χ1v) is 6.89. The van der Waals surface area contributed by atoms with Crippen molar-refractivity contribution in [3.63, 3.8) is 0 Å². The van der Waals surface area contributed by atoms with Gasteiger partial charge in [-0.25, -0.2) is 8.42 Å². The number of nitrogens with zero attached hydrogens (tertiary/aromatic N) is 1. The Kier molecular flexibility index (Phi) is 5.23. The summed E-state index contributed by atoms with van der Waals surface area (Å²) in [6, 6.07) is -0.561. The molecule has 15 heavy (non-hydrogen) atoms. The quantitative estimate of drug-likeness (QED) is 0.696. The van der Waals surface area contributed by atoms with E-state index >= 15 is 0 Å². The molecule has 0 aromatic heterocycles. The van der Waals surface area contributed by atoms with Crippen molar-refractivity contribution in [2.45, 2.75) is 19.9 Å². The lowest BCUT2D eigenvalue weighted by Gasteiger charge is -2.22. The van der Waals surface area contributed by atoms with Crippen molar-refractivity contribution in [3.05, 3.63) is 0 Å². The van der Waals surface area contributed by atoms with Gasteiger partial charge in [0.05, 0.1) is 11.8 Å². The van der Waals surface area contributed by atoms with E-state index in [0.717, 1.165) is 6.26 Å². The largest absolute Gasteiger partial charge is 0.343 e. The van der Waals surface area contributed by atoms with Crippen LogP contribution in [0.2, 0.25) is 0 Å². The first-order chi connectivity index (χ1) is 6.65. The molecule has 0 unspecified atom stereocenters. The van der Waals surface area contributed by atoms with Crippen molar-refractivity contribution in [1.29, 1.82) is 0 Å². The van der Waals surface area contributed by atoms with Crippen LogP contribution in [0.1, 0.15) is 13.8 Å². The van der Waals surface area contributed by atoms with Crippen molar-refractivity contribution < 1.29 is 13.2 Å². The highest BCUT2D eigenvalue weighted by Gasteiger charge is 2.21. The fourth-order valence-electron chi connectivity index (χ4n) is 0.953. The normalized spacial score (nSPS) is 14.0. The van der Waals surface area contributed by atoms with Gasteiger partial charge in [0.15, 0.2) is 0 Å². The minimum Gasteiger partial charge on any atom is -0.343 e. The van der Waals surface area contributed by atoms with Crippen LogP contribution >= 0.6 is 0 Å². The van der Waals surface area contributed by atoms with E-state index in [4.69, 9.17) is 5.73 Å². The highest BCUT2D eigenvalue weighted by atomic mass is 32.2. The highest BCUT2D eigenvalue weighted by molar-refractivity contribution is 7.90. The van der Waals surface area contributed by atoms with Crippen LogP contribution in [0.4, 0.5) is 0 Å². The molecule has 0 aliphatic rings. The van der Waals surface area contributed by atoms with E-state index in [0.29, 0.717) is 0 Å². The van der Waals surface area contributed by atoms with E-state index in [-0.39, 0.29) is 24.1 Å². The Bertz CT molecular complexity index is 311. The number of nitrogens with two attached hydrogens (primary N) is 1. The molecule has 0 aliphatic heterocycles. The van der Waals surface area contributed by atoms with Gasteiger partial charge in [0.1, 0.15) is 9.84 Å². The van der Waals surface area contributed by atoms with E-state index in [1.165, 1.54) is 4.90 Å². The van der Waals surface area contributed by atoms with E-state index in [1.807, 2.05) is 13.8 Å². The molecular formula is C9H20N2O3S. The lowest BCUT2D eigenvalue weighted by Crippen LogP contribution is -2.46. The topological polar surface area (TPSA) is 80.5 Å². The zero-order chi connectivity index (χ0) is 12.2. The number of carbonyl (C=O) groups is 1. The van der Waals surface area contributed by atoms with E-state index in [2.05, 4.69) is 0 Å². The van der Waals surface area contributed by atoms with Crippen molar-refractivity contribution in [3.8, 4) is 0 Å². The van der Waals surface area contributed by atoms with Crippen molar-refractivity contribution in [2.75, 3.05) is 25.6 Å². The zero-order valence-electron chi connectivity index (χ0n) is 9.73. The molecule has 0 aromatic carbocycles. The molecule has 90 valence electrons. The molecule has 0 rings (SSSR count). The predicted molar refractivity (Wildman–Crippen MR) is 60.2 cm³/mol. The number of hydrogen-bond donors (Lipinski definition) is 1. The molecule has 0 aliphatic carbocycles. The summed E-state index contributed by atoms with van der Waals surface area (Å²) in [7, 11) is -1.47. The van der Waals surface area contributed by atoms with Crippen LogP contribution in [-0.2, 0) is 14.6 Å². The van der Waals surface area contributed by atoms with Crippen LogP contribution in [0.3, 0.4) is 0 Å². The molecule has 1 amide bonds. The lowest BCUT2D eigenvalue weighted by molar-refractivity contribution is -0.131. The van der Waals surface area contributed by atoms with Gasteiger partial charge >= 0.3 is 0 Å². The van der Waals surface area contributed by atoms with E-state index < -0.39 is 15.9 Å². The van der Waals surface area contributed by atoms with Gasteiger partial charge in [-0.05, 0) is 5.92 Å². The van der Waals surface area contributed by atoms with Crippen molar-refractivity contribution in [1.82, 2.24) is 4.90 Å². The standard InChI is InChI=1S/C9H20N2O3S/c1-7(2)8(10)9(12)11(3)5-6-15(4,13)14/h7-8H,5-6,10H2,1-4H3/t8-/m0/s1. The Balaban J connectivity index is 4.23. The molecule has 0 heterocycles. The Hall–Kier alpha value is -0.620. The van der Waals surface area contributed by atoms with Crippen LogP contribution in [0, 0.1) is 5.92 Å². The average Bonchev–Trinajstić information content (AvgIpc) is 2.10. The Morgan fingerprint density at radius 3 is 2.20 bits per heavy atom. The first-order valence-electron chi connectivity index (χ1n) is 4.83. The summed E-state index contributed by atoms with van der Waals surface area (Å²) in [5.74, 6) is -0.188. The molecule has 1 atom stereocenters. The van der Waals surface area contributed by atoms with Crippen LogP contribution < -0.4 is 5.73 Å². The predicted octanol–water partition coefficient (Wildman–Crippen LogP) is -0.527. The summed E-state index contributed by atoms with van der Waals surface area (Å²) in [5, 5.41) is 0. The Morgan fingerprint density at radius 1 is 1.40 bits per heavy atom. The average molecular weight is 236 g/mol. The fraction of sp³-hybridized carbons (Fsp3) is 0.889. The van der Waals surface area contributed by atoms with Crippen molar-refractivity contribution >= 4 is 15.7 Å². The van der Waals surface area contributed by atoms with Crippen molar-refractivity contribution in [2.24, 2.45) is 11.7 Å². The minimum atomic E-state index is -3.03. The van der Waals surface area contributed by atoms with Gasteiger partial charge in [0, 0.05) is 19.8 Å². The number of hydrogen-bond acceptors (Lipinski definition) is 4. The number of carbonyl (C=O) groups excluding carboxylic acids is 1. The van der Waals surface area contributed by atoms with Crippen LogP contribution in [-0.4, -0.2) is 50.9 Å². The SMILES string of the molecule is CC(C)[C@H](N)C(=O)N(C)CCS(C)(=O)=O. The summed E-state index contributed by atoms with van der Waals surface area (Å²) in [4.78, 5) is 13.0. The molecule has 0 saturated heterocycles. The highest BCUT2D eigenvalue weighted by Crippen LogP contribution is 2.02. The summed E-state index contributed by atoms with van der Waals surface area (Å²) in [6.45, 7) is 3.90. The van der Waals surface area contributed by atoms with Gasteiger partial charge < -0.3 is 10.6 Å². The smallest absolute Gasteiger partial charge is 0.239 e. The maximum Gasteiger partial charge on any atom is 0.239 e. The van der Waals surface area contributed by atoms with Gasteiger partial charge in [-0.1, -0.05) is 13.8 Å². The molecule has 0 saturated carbocycles.